The van der Waals surface area contributed by atoms with Crippen molar-refractivity contribution in [2.24, 2.45) is 0 Å². The van der Waals surface area contributed by atoms with Gasteiger partial charge < -0.3 is 9.84 Å². The second-order valence-electron chi connectivity index (χ2n) is 4.26. The Morgan fingerprint density at radius 2 is 1.54 bits per heavy atom. The van der Waals surface area contributed by atoms with Gasteiger partial charge in [0.2, 0.25) is 0 Å². The van der Waals surface area contributed by atoms with Crippen molar-refractivity contribution < 1.29 is 13.9 Å². The molecule has 2 N–H and O–H groups in total. The van der Waals surface area contributed by atoms with Crippen LogP contribution in [0.4, 0.5) is 10.5 Å². The van der Waals surface area contributed by atoms with Crippen molar-refractivity contribution in [3.63, 3.8) is 0 Å². The Labute approximate surface area is 169 Å². The fraction of sp³-hybridized carbons (Fsp3) is 0.417. The van der Waals surface area contributed by atoms with E-state index >= 15 is 0 Å². The van der Waals surface area contributed by atoms with Crippen molar-refractivity contribution in [3.8, 4) is 0 Å². The molecule has 0 fully saturated rings. The summed E-state index contributed by atoms with van der Waals surface area (Å²) in [4.78, 5) is 12.2. The van der Waals surface area contributed by atoms with Crippen LogP contribution < -0.4 is 10.4 Å². The highest BCUT2D eigenvalue weighted by atomic mass is 35.5. The summed E-state index contributed by atoms with van der Waals surface area (Å²) in [6.45, 7) is 0.348. The Balaban J connectivity index is 3.01. The largest absolute Gasteiger partial charge is 0.354 e. The normalized spacial score (nSPS) is 13.5. The molecular weight excluding hydrogens is 460 g/mol. The Morgan fingerprint density at radius 3 is 2.00 bits per heavy atom. The van der Waals surface area contributed by atoms with Gasteiger partial charge in [-0.25, -0.2) is 4.79 Å². The number of urea groups is 1. The summed E-state index contributed by atoms with van der Waals surface area (Å²) < 4.78 is 17.7. The van der Waals surface area contributed by atoms with E-state index in [2.05, 4.69) is 10.4 Å². The minimum absolute atomic E-state index is 0.0298. The number of rotatable bonds is 7. The molecule has 1 atom stereocenters. The number of carbonyl (C=O) groups is 1. The van der Waals surface area contributed by atoms with Crippen molar-refractivity contribution in [3.05, 3.63) is 25.1 Å². The van der Waals surface area contributed by atoms with Gasteiger partial charge in [0.1, 0.15) is 0 Å². The molecule has 0 aromatic heterocycles. The van der Waals surface area contributed by atoms with Crippen molar-refractivity contribution in [2.75, 3.05) is 17.7 Å². The molecule has 1 rings (SSSR count). The van der Waals surface area contributed by atoms with Gasteiger partial charge in [0.25, 0.3) is 0 Å². The molecule has 0 aliphatic heterocycles. The molecule has 2 amide bonds. The van der Waals surface area contributed by atoms with Crippen LogP contribution in [0.3, 0.4) is 0 Å². The molecule has 0 saturated carbocycles. The second-order valence-corrected chi connectivity index (χ2v) is 10.5. The van der Waals surface area contributed by atoms with Crippen LogP contribution >= 0.6 is 76.1 Å². The molecule has 0 radical (unpaired) electrons. The first-order valence-corrected chi connectivity index (χ1v) is 11.8. The van der Waals surface area contributed by atoms with Gasteiger partial charge in [-0.1, -0.05) is 64.9 Å². The van der Waals surface area contributed by atoms with Gasteiger partial charge >= 0.3 is 12.8 Å². The van der Waals surface area contributed by atoms with Gasteiger partial charge in [0.05, 0.1) is 37.4 Å². The van der Waals surface area contributed by atoms with Crippen LogP contribution in [0.15, 0.2) is 0 Å². The summed E-state index contributed by atoms with van der Waals surface area (Å²) in [5.41, 5.74) is -0.0428. The van der Waals surface area contributed by atoms with Crippen LogP contribution in [-0.2, 0) is 9.09 Å². The summed E-state index contributed by atoms with van der Waals surface area (Å²) in [5, 5.41) is 4.35. The van der Waals surface area contributed by atoms with Crippen LogP contribution in [0.25, 0.3) is 0 Å². The zero-order valence-corrected chi connectivity index (χ0v) is 18.1. The SMILES string of the molecule is CCCSP(=O)(NC(=O)Nc1c(Cl)c(Cl)c(Cl)c(Cl)c1Cl)OCC. The van der Waals surface area contributed by atoms with E-state index in [-0.39, 0.29) is 37.4 Å². The lowest BCUT2D eigenvalue weighted by Gasteiger charge is -2.19. The molecule has 1 aromatic carbocycles. The number of amides is 2. The molecule has 24 heavy (non-hydrogen) atoms. The molecule has 0 saturated heterocycles. The highest BCUT2D eigenvalue weighted by molar-refractivity contribution is 8.56. The van der Waals surface area contributed by atoms with Crippen LogP contribution in [0.2, 0.25) is 25.1 Å². The predicted octanol–water partition coefficient (Wildman–Crippen LogP) is 7.36. The van der Waals surface area contributed by atoms with Crippen molar-refractivity contribution in [2.45, 2.75) is 20.3 Å². The van der Waals surface area contributed by atoms with E-state index in [0.29, 0.717) is 5.75 Å². The molecule has 1 aromatic rings. The van der Waals surface area contributed by atoms with E-state index in [0.717, 1.165) is 17.8 Å². The number of hydrogen-bond donors (Lipinski definition) is 2. The maximum absolute atomic E-state index is 12.6. The van der Waals surface area contributed by atoms with Gasteiger partial charge in [0, 0.05) is 5.75 Å². The zero-order valence-electron chi connectivity index (χ0n) is 12.6. The van der Waals surface area contributed by atoms with E-state index in [1.807, 2.05) is 6.92 Å². The van der Waals surface area contributed by atoms with E-state index in [4.69, 9.17) is 62.5 Å². The van der Waals surface area contributed by atoms with E-state index in [9.17, 15) is 9.36 Å². The molecule has 136 valence electrons. The van der Waals surface area contributed by atoms with Crippen LogP contribution in [0.5, 0.6) is 0 Å². The Bertz CT molecular complexity index is 648. The van der Waals surface area contributed by atoms with Crippen LogP contribution in [0.1, 0.15) is 20.3 Å². The Morgan fingerprint density at radius 1 is 1.04 bits per heavy atom. The highest BCUT2D eigenvalue weighted by Gasteiger charge is 2.27. The van der Waals surface area contributed by atoms with Crippen molar-refractivity contribution >= 4 is 87.8 Å². The smallest absolute Gasteiger partial charge is 0.306 e. The third kappa shape index (κ3) is 5.75. The number of anilines is 1. The van der Waals surface area contributed by atoms with E-state index in [1.165, 1.54) is 0 Å². The summed E-state index contributed by atoms with van der Waals surface area (Å²) >= 11 is 30.8. The van der Waals surface area contributed by atoms with Gasteiger partial charge in [-0.3, -0.25) is 9.65 Å². The average molecular weight is 475 g/mol. The first kappa shape index (κ1) is 22.5. The summed E-state index contributed by atoms with van der Waals surface area (Å²) in [5.74, 6) is 0.553. The summed E-state index contributed by atoms with van der Waals surface area (Å²) in [7, 11) is 0. The number of benzene rings is 1. The zero-order chi connectivity index (χ0) is 18.5. The summed E-state index contributed by atoms with van der Waals surface area (Å²) in [6, 6.07) is -0.825. The van der Waals surface area contributed by atoms with Gasteiger partial charge in [0.15, 0.2) is 0 Å². The fourth-order valence-electron chi connectivity index (χ4n) is 1.46. The minimum Gasteiger partial charge on any atom is -0.306 e. The number of carbonyl (C=O) groups excluding carboxylic acids is 1. The van der Waals surface area contributed by atoms with Gasteiger partial charge in [-0.05, 0) is 24.7 Å². The van der Waals surface area contributed by atoms with Crippen LogP contribution in [-0.4, -0.2) is 18.4 Å². The lowest BCUT2D eigenvalue weighted by molar-refractivity contribution is 0.254. The van der Waals surface area contributed by atoms with Crippen molar-refractivity contribution in [1.29, 1.82) is 0 Å². The first-order valence-electron chi connectivity index (χ1n) is 6.66. The molecule has 0 spiro atoms. The van der Waals surface area contributed by atoms with Crippen molar-refractivity contribution in [1.82, 2.24) is 5.09 Å². The summed E-state index contributed by atoms with van der Waals surface area (Å²) in [6.07, 6.45) is 0.769. The monoisotopic (exact) mass is 472 g/mol. The molecule has 0 aliphatic rings. The van der Waals surface area contributed by atoms with E-state index < -0.39 is 12.8 Å². The molecular formula is C12H14Cl5N2O3PS. The van der Waals surface area contributed by atoms with Gasteiger partial charge in [-0.2, -0.15) is 0 Å². The lowest BCUT2D eigenvalue weighted by Crippen LogP contribution is -2.26. The maximum atomic E-state index is 12.6. The second kappa shape index (κ2) is 9.98. The number of nitrogens with one attached hydrogen (secondary N) is 2. The number of halogens is 5. The Hall–Kier alpha value is 0.480. The molecule has 12 heteroatoms. The number of hydrogen-bond acceptors (Lipinski definition) is 4. The van der Waals surface area contributed by atoms with E-state index in [1.54, 1.807) is 6.92 Å². The highest BCUT2D eigenvalue weighted by Crippen LogP contribution is 2.56. The molecule has 0 heterocycles. The first-order chi connectivity index (χ1) is 11.2. The Kier molecular flexibility index (Phi) is 9.37. The predicted molar refractivity (Wildman–Crippen MR) is 106 cm³/mol. The van der Waals surface area contributed by atoms with Gasteiger partial charge in [-0.15, -0.1) is 0 Å². The minimum atomic E-state index is -3.42. The third-order valence-electron chi connectivity index (χ3n) is 2.45. The average Bonchev–Trinajstić information content (AvgIpc) is 2.53. The van der Waals surface area contributed by atoms with Crippen LogP contribution in [0, 0.1) is 0 Å². The fourth-order valence-corrected chi connectivity index (χ4v) is 6.22. The maximum Gasteiger partial charge on any atom is 0.354 e. The molecule has 1 unspecified atom stereocenters. The molecule has 0 aliphatic carbocycles. The lowest BCUT2D eigenvalue weighted by atomic mass is 10.3. The molecule has 0 bridgehead atoms. The standard InChI is InChI=1S/C12H14Cl5N2O3PS/c1-3-5-24-23(21,22-4-2)19-12(20)18-11-9(16)7(14)6(13)8(15)10(11)17/h3-5H2,1-2H3,(H2,18,19,20,21). The quantitative estimate of drug-likeness (QED) is 0.246. The topological polar surface area (TPSA) is 67.4 Å². The third-order valence-corrected chi connectivity index (χ3v) is 8.89. The molecule has 5 nitrogen and oxygen atoms in total.